The highest BCUT2D eigenvalue weighted by atomic mass is 19.1. The largest absolute Gasteiger partial charge is 0.368 e. The molecule has 0 spiro atoms. The van der Waals surface area contributed by atoms with Gasteiger partial charge in [-0.2, -0.15) is 0 Å². The van der Waals surface area contributed by atoms with Gasteiger partial charge < -0.3 is 31.9 Å². The fourth-order valence-corrected chi connectivity index (χ4v) is 6.61. The second kappa shape index (κ2) is 19.2. The molecular weight excluding hydrogens is 689 g/mol. The zero-order chi connectivity index (χ0) is 38.5. The minimum Gasteiger partial charge on any atom is -0.368 e. The van der Waals surface area contributed by atoms with Crippen molar-refractivity contribution >= 4 is 41.1 Å². The topological polar surface area (TPSA) is 223 Å². The first kappa shape index (κ1) is 40.1. The van der Waals surface area contributed by atoms with Crippen molar-refractivity contribution in [3.8, 4) is 0 Å². The van der Waals surface area contributed by atoms with Crippen LogP contribution in [0.4, 0.5) is 10.1 Å². The molecular formula is C37H46FN7O8. The van der Waals surface area contributed by atoms with E-state index in [-0.39, 0.29) is 50.3 Å². The standard InChI is InChI=1S/C37H46FN7O8/c1-44-31(22-25-9-13-26(38)14-10-25)36(50)43-29(20-24-11-15-27(16-12-24)45(52)53)35(49)40-19-5-8-28(34(39)48)41-32(46)17-18-33(47)42-30(37(44)51)21-23-6-3-2-4-7-23/h9-18,23,28-31H,2-8,19-22H2,1H3,(H2,39,48)(H,40,49)(H,41,46)(H,42,47)(H,43,50)/b18-17+/t28-,29-,30-,31-/m0/s1. The Bertz CT molecular complexity index is 1680. The maximum Gasteiger partial charge on any atom is 0.269 e. The van der Waals surface area contributed by atoms with E-state index in [4.69, 9.17) is 5.73 Å². The fraction of sp³-hybridized carbons (Fsp3) is 0.459. The van der Waals surface area contributed by atoms with Gasteiger partial charge >= 0.3 is 0 Å². The van der Waals surface area contributed by atoms with E-state index in [1.807, 2.05) is 0 Å². The van der Waals surface area contributed by atoms with Gasteiger partial charge in [0.2, 0.25) is 35.4 Å². The van der Waals surface area contributed by atoms with Crippen LogP contribution in [0.25, 0.3) is 0 Å². The van der Waals surface area contributed by atoms with Crippen molar-refractivity contribution in [3.05, 3.63) is 87.7 Å². The third-order valence-corrected chi connectivity index (χ3v) is 9.60. The second-order valence-corrected chi connectivity index (χ2v) is 13.5. The van der Waals surface area contributed by atoms with Crippen LogP contribution in [-0.2, 0) is 41.6 Å². The smallest absolute Gasteiger partial charge is 0.269 e. The fourth-order valence-electron chi connectivity index (χ4n) is 6.61. The van der Waals surface area contributed by atoms with Gasteiger partial charge in [0.1, 0.15) is 30.0 Å². The van der Waals surface area contributed by atoms with Crippen molar-refractivity contribution in [1.82, 2.24) is 26.2 Å². The van der Waals surface area contributed by atoms with Crippen LogP contribution in [-0.4, -0.2) is 83.0 Å². The quantitative estimate of drug-likeness (QED) is 0.198. The third kappa shape index (κ3) is 12.2. The molecule has 0 aromatic heterocycles. The number of primary amides is 1. The molecule has 4 atom stereocenters. The monoisotopic (exact) mass is 735 g/mol. The minimum atomic E-state index is -1.23. The van der Waals surface area contributed by atoms with Gasteiger partial charge in [0.05, 0.1) is 4.92 Å². The molecule has 0 saturated heterocycles. The lowest BCUT2D eigenvalue weighted by molar-refractivity contribution is -0.384. The van der Waals surface area contributed by atoms with Crippen molar-refractivity contribution in [1.29, 1.82) is 0 Å². The van der Waals surface area contributed by atoms with Crippen LogP contribution in [0.5, 0.6) is 0 Å². The van der Waals surface area contributed by atoms with Crippen molar-refractivity contribution in [2.45, 2.75) is 88.4 Å². The number of nitrogens with one attached hydrogen (secondary N) is 4. The molecule has 1 saturated carbocycles. The summed E-state index contributed by atoms with van der Waals surface area (Å²) in [7, 11) is 1.41. The Hall–Kier alpha value is -5.67. The van der Waals surface area contributed by atoms with E-state index < -0.39 is 70.4 Å². The van der Waals surface area contributed by atoms with E-state index in [1.54, 1.807) is 0 Å². The number of nitrogens with two attached hydrogens (primary N) is 1. The molecule has 1 fully saturated rings. The van der Waals surface area contributed by atoms with Gasteiger partial charge in [-0.1, -0.05) is 56.4 Å². The summed E-state index contributed by atoms with van der Waals surface area (Å²) in [6.45, 7) is 0.0175. The normalized spacial score (nSPS) is 23.7. The first-order valence-corrected chi connectivity index (χ1v) is 17.7. The molecule has 4 rings (SSSR count). The lowest BCUT2D eigenvalue weighted by atomic mass is 9.84. The van der Waals surface area contributed by atoms with Crippen LogP contribution in [0, 0.1) is 21.8 Å². The number of likely N-dealkylation sites (N-methyl/N-ethyl adjacent to an activating group) is 1. The zero-order valence-corrected chi connectivity index (χ0v) is 29.6. The highest BCUT2D eigenvalue weighted by molar-refractivity contribution is 6.00. The summed E-state index contributed by atoms with van der Waals surface area (Å²) in [5.41, 5.74) is 6.34. The summed E-state index contributed by atoms with van der Waals surface area (Å²) in [6.07, 6.45) is 6.91. The van der Waals surface area contributed by atoms with Gasteiger partial charge in [-0.25, -0.2) is 4.39 Å². The highest BCUT2D eigenvalue weighted by Gasteiger charge is 2.35. The van der Waals surface area contributed by atoms with E-state index in [0.717, 1.165) is 44.3 Å². The third-order valence-electron chi connectivity index (χ3n) is 9.60. The maximum atomic E-state index is 14.3. The molecule has 0 radical (unpaired) electrons. The number of non-ortho nitro benzene ring substituents is 1. The molecule has 284 valence electrons. The molecule has 53 heavy (non-hydrogen) atoms. The molecule has 6 amide bonds. The maximum absolute atomic E-state index is 14.3. The molecule has 0 bridgehead atoms. The Morgan fingerprint density at radius 3 is 2.04 bits per heavy atom. The Morgan fingerprint density at radius 2 is 1.42 bits per heavy atom. The van der Waals surface area contributed by atoms with E-state index in [1.165, 1.54) is 60.5 Å². The molecule has 2 aliphatic rings. The number of nitro benzene ring substituents is 1. The summed E-state index contributed by atoms with van der Waals surface area (Å²) in [4.78, 5) is 91.9. The number of carbonyl (C=O) groups is 6. The van der Waals surface area contributed by atoms with Crippen LogP contribution < -0.4 is 27.0 Å². The van der Waals surface area contributed by atoms with E-state index in [9.17, 15) is 43.3 Å². The number of rotatable bonds is 8. The highest BCUT2D eigenvalue weighted by Crippen LogP contribution is 2.28. The number of hydrogen-bond acceptors (Lipinski definition) is 8. The summed E-state index contributed by atoms with van der Waals surface area (Å²) in [5, 5.41) is 21.8. The Morgan fingerprint density at radius 1 is 0.811 bits per heavy atom. The van der Waals surface area contributed by atoms with Gasteiger partial charge in [-0.15, -0.1) is 0 Å². The zero-order valence-electron chi connectivity index (χ0n) is 29.6. The second-order valence-electron chi connectivity index (χ2n) is 13.5. The Balaban J connectivity index is 1.71. The molecule has 2 aromatic carbocycles. The van der Waals surface area contributed by atoms with E-state index in [2.05, 4.69) is 21.3 Å². The summed E-state index contributed by atoms with van der Waals surface area (Å²) >= 11 is 0. The summed E-state index contributed by atoms with van der Waals surface area (Å²) in [6, 6.07) is 6.21. The van der Waals surface area contributed by atoms with Gasteiger partial charge in [0, 0.05) is 50.7 Å². The number of halogens is 1. The van der Waals surface area contributed by atoms with Crippen molar-refractivity contribution in [2.75, 3.05) is 13.6 Å². The van der Waals surface area contributed by atoms with Crippen molar-refractivity contribution < 1.29 is 38.1 Å². The number of benzene rings is 2. The van der Waals surface area contributed by atoms with Crippen LogP contribution in [0.3, 0.4) is 0 Å². The molecule has 1 aliphatic carbocycles. The Kier molecular flexibility index (Phi) is 14.6. The Labute approximate surface area is 306 Å². The first-order valence-electron chi connectivity index (χ1n) is 17.7. The molecule has 15 nitrogen and oxygen atoms in total. The number of nitro groups is 1. The lowest BCUT2D eigenvalue weighted by Crippen LogP contribution is -2.58. The molecule has 16 heteroatoms. The van der Waals surface area contributed by atoms with Gasteiger partial charge in [-0.3, -0.25) is 38.9 Å². The van der Waals surface area contributed by atoms with E-state index in [0.29, 0.717) is 11.1 Å². The minimum absolute atomic E-state index is 0.0175. The van der Waals surface area contributed by atoms with Gasteiger partial charge in [0.25, 0.3) is 5.69 Å². The molecule has 1 aliphatic heterocycles. The molecule has 1 heterocycles. The lowest BCUT2D eigenvalue weighted by Gasteiger charge is -2.33. The average Bonchev–Trinajstić information content (AvgIpc) is 3.13. The number of hydrogen-bond donors (Lipinski definition) is 5. The summed E-state index contributed by atoms with van der Waals surface area (Å²) in [5.74, 6) is -4.65. The molecule has 6 N–H and O–H groups in total. The molecule has 2 aromatic rings. The predicted octanol–water partition coefficient (Wildman–Crippen LogP) is 1.72. The number of carbonyl (C=O) groups excluding carboxylic acids is 6. The van der Waals surface area contributed by atoms with Crippen LogP contribution in [0.15, 0.2) is 60.7 Å². The summed E-state index contributed by atoms with van der Waals surface area (Å²) < 4.78 is 13.8. The number of nitrogens with zero attached hydrogens (tertiary/aromatic N) is 2. The first-order chi connectivity index (χ1) is 25.3. The SMILES string of the molecule is CN1C(=O)[C@H](CC2CCCCC2)NC(=O)/C=C/C(=O)N[C@H](C(N)=O)CCCNC(=O)[C@H](Cc2ccc([N+](=O)[O-])cc2)NC(=O)[C@@H]1Cc1ccc(F)cc1. The van der Waals surface area contributed by atoms with Gasteiger partial charge in [0.15, 0.2) is 0 Å². The van der Waals surface area contributed by atoms with Crippen LogP contribution in [0.2, 0.25) is 0 Å². The van der Waals surface area contributed by atoms with E-state index >= 15 is 0 Å². The molecule has 0 unspecified atom stereocenters. The van der Waals surface area contributed by atoms with Crippen LogP contribution in [0.1, 0.15) is 62.5 Å². The number of amides is 6. The predicted molar refractivity (Wildman–Crippen MR) is 191 cm³/mol. The average molecular weight is 736 g/mol. The van der Waals surface area contributed by atoms with Gasteiger partial charge in [-0.05, 0) is 48.4 Å². The van der Waals surface area contributed by atoms with Crippen LogP contribution >= 0.6 is 0 Å². The van der Waals surface area contributed by atoms with Crippen molar-refractivity contribution in [2.24, 2.45) is 11.7 Å². The van der Waals surface area contributed by atoms with Crippen molar-refractivity contribution in [3.63, 3.8) is 0 Å².